The van der Waals surface area contributed by atoms with Crippen LogP contribution in [0.1, 0.15) is 408 Å². The highest BCUT2D eigenvalue weighted by Crippen LogP contribution is 2.32. The van der Waals surface area contributed by atoms with Gasteiger partial charge in [-0.05, 0) is 62.1 Å². The van der Waals surface area contributed by atoms with Crippen molar-refractivity contribution in [2.75, 3.05) is 39.5 Å². The monoisotopic (exact) mass is 1280 g/mol. The molecule has 0 saturated heterocycles. The van der Waals surface area contributed by atoms with Gasteiger partial charge in [-0.2, -0.15) is 0 Å². The van der Waals surface area contributed by atoms with Gasteiger partial charge in [-0.3, -0.25) is 9.59 Å². The molecule has 0 fully saturated rings. The number of carbonyl (C=O) groups excluding carboxylic acids is 2. The molecule has 8 nitrogen and oxygen atoms in total. The lowest BCUT2D eigenvalue weighted by molar-refractivity contribution is 0.103. The maximum absolute atomic E-state index is 13.5. The first kappa shape index (κ1) is 84.1. The van der Waals surface area contributed by atoms with Crippen LogP contribution in [0, 0.1) is 0 Å². The van der Waals surface area contributed by atoms with Gasteiger partial charge in [0.2, 0.25) is 0 Å². The number of ether oxygens (including phenoxy) is 4. The minimum absolute atomic E-state index is 0.0926. The van der Waals surface area contributed by atoms with Crippen LogP contribution in [0.3, 0.4) is 0 Å². The predicted octanol–water partition coefficient (Wildman–Crippen LogP) is 26.4. The SMILES string of the molecule is CCCCCCCCCCCCCCCCOc1ccc(C(=O)/C=C/NCCN/C=C/C(=O)c2ccc(OCCCCCCCCCCCCCCCC)c(OCCCCCCCCCCCCCCCC)c2)cc1OCCCCCCCCCCCCCCCC. The van der Waals surface area contributed by atoms with Crippen LogP contribution in [-0.2, 0) is 0 Å². The molecule has 2 rings (SSSR count). The number of carbonyl (C=O) groups is 2. The summed E-state index contributed by atoms with van der Waals surface area (Å²) in [5.41, 5.74) is 1.16. The summed E-state index contributed by atoms with van der Waals surface area (Å²) in [4.78, 5) is 26.9. The summed E-state index contributed by atoms with van der Waals surface area (Å²) in [5, 5.41) is 6.47. The molecule has 530 valence electrons. The standard InChI is InChI=1S/C84H148N2O6/c1-5-9-13-17-21-25-29-33-37-41-45-49-53-57-71-89-81-63-61-77(75-83(81)91-73-59-55-51-47-43-39-35-31-27-23-19-15-11-7-3)79(87)65-67-85-69-70-86-68-66-80(88)78-62-64-82(90-72-58-54-50-46-42-38-34-30-26-22-18-14-10-6-2)84(76-78)92-74-60-56-52-48-44-40-36-32-28-24-20-16-12-8-4/h61-68,75-76,85-86H,5-60,69-74H2,1-4H3/b67-65+,68-66+. The molecule has 0 radical (unpaired) electrons. The third kappa shape index (κ3) is 52.4. The van der Waals surface area contributed by atoms with Crippen LogP contribution in [-0.4, -0.2) is 51.1 Å². The second-order valence-electron chi connectivity index (χ2n) is 27.4. The molecule has 92 heavy (non-hydrogen) atoms. The first-order valence-corrected chi connectivity index (χ1v) is 40.2. The molecule has 0 atom stereocenters. The smallest absolute Gasteiger partial charge is 0.187 e. The van der Waals surface area contributed by atoms with Crippen LogP contribution in [0.2, 0.25) is 0 Å². The van der Waals surface area contributed by atoms with Crippen molar-refractivity contribution in [2.45, 2.75) is 387 Å². The highest BCUT2D eigenvalue weighted by molar-refractivity contribution is 6.05. The van der Waals surface area contributed by atoms with Gasteiger partial charge in [-0.1, -0.05) is 362 Å². The van der Waals surface area contributed by atoms with Crippen LogP contribution in [0.4, 0.5) is 0 Å². The van der Waals surface area contributed by atoms with Gasteiger partial charge in [0.1, 0.15) is 0 Å². The Kier molecular flexibility index (Phi) is 61.3. The van der Waals surface area contributed by atoms with Crippen molar-refractivity contribution < 1.29 is 28.5 Å². The largest absolute Gasteiger partial charge is 0.490 e. The van der Waals surface area contributed by atoms with E-state index in [1.807, 2.05) is 36.4 Å². The van der Waals surface area contributed by atoms with Crippen LogP contribution >= 0.6 is 0 Å². The van der Waals surface area contributed by atoms with Gasteiger partial charge in [-0.25, -0.2) is 0 Å². The lowest BCUT2D eigenvalue weighted by atomic mass is 10.0. The molecule has 0 saturated carbocycles. The minimum atomic E-state index is -0.0926. The second-order valence-corrected chi connectivity index (χ2v) is 27.4. The molecular formula is C84H148N2O6. The van der Waals surface area contributed by atoms with E-state index in [9.17, 15) is 9.59 Å². The molecule has 2 aromatic carbocycles. The van der Waals surface area contributed by atoms with Crippen molar-refractivity contribution in [3.05, 3.63) is 72.1 Å². The first-order chi connectivity index (χ1) is 45.5. The molecule has 2 aromatic rings. The number of nitrogens with one attached hydrogen (secondary N) is 2. The molecule has 0 spiro atoms. The molecular weight excluding hydrogens is 1130 g/mol. The van der Waals surface area contributed by atoms with E-state index >= 15 is 0 Å². The van der Waals surface area contributed by atoms with E-state index in [4.69, 9.17) is 18.9 Å². The molecule has 0 aliphatic rings. The summed E-state index contributed by atoms with van der Waals surface area (Å²) >= 11 is 0. The van der Waals surface area contributed by atoms with E-state index < -0.39 is 0 Å². The van der Waals surface area contributed by atoms with Crippen molar-refractivity contribution in [3.63, 3.8) is 0 Å². The summed E-state index contributed by atoms with van der Waals surface area (Å²) in [6.45, 7) is 12.8. The molecule has 0 aromatic heterocycles. The predicted molar refractivity (Wildman–Crippen MR) is 399 cm³/mol. The van der Waals surface area contributed by atoms with E-state index in [2.05, 4.69) is 38.3 Å². The number of hydrogen-bond donors (Lipinski definition) is 2. The molecule has 0 heterocycles. The Bertz CT molecular complexity index is 1840. The normalized spacial score (nSPS) is 11.6. The Balaban J connectivity index is 1.85. The molecule has 0 aliphatic heterocycles. The van der Waals surface area contributed by atoms with E-state index in [1.165, 1.54) is 321 Å². The van der Waals surface area contributed by atoms with Gasteiger partial charge >= 0.3 is 0 Å². The highest BCUT2D eigenvalue weighted by Gasteiger charge is 2.13. The maximum atomic E-state index is 13.5. The average Bonchev–Trinajstić information content (AvgIpc) is 1.50. The quantitative estimate of drug-likeness (QED) is 0.0384. The van der Waals surface area contributed by atoms with E-state index in [1.54, 1.807) is 24.6 Å². The zero-order valence-corrected chi connectivity index (χ0v) is 61.1. The number of benzene rings is 2. The van der Waals surface area contributed by atoms with Crippen molar-refractivity contribution in [1.29, 1.82) is 0 Å². The molecule has 0 aliphatic carbocycles. The highest BCUT2D eigenvalue weighted by atomic mass is 16.5. The zero-order valence-electron chi connectivity index (χ0n) is 61.1. The summed E-state index contributed by atoms with van der Waals surface area (Å²) in [7, 11) is 0. The number of ketones is 2. The summed E-state index contributed by atoms with van der Waals surface area (Å²) in [6, 6.07) is 11.3. The molecule has 0 unspecified atom stereocenters. The minimum Gasteiger partial charge on any atom is -0.490 e. The fraction of sp³-hybridized carbons (Fsp3) is 0.786. The Morgan fingerprint density at radius 1 is 0.261 bits per heavy atom. The van der Waals surface area contributed by atoms with Crippen molar-refractivity contribution in [3.8, 4) is 23.0 Å². The number of unbranched alkanes of at least 4 members (excludes halogenated alkanes) is 52. The van der Waals surface area contributed by atoms with Crippen molar-refractivity contribution in [1.82, 2.24) is 10.6 Å². The Hall–Kier alpha value is -3.94. The van der Waals surface area contributed by atoms with E-state index in [-0.39, 0.29) is 11.6 Å². The fourth-order valence-electron chi connectivity index (χ4n) is 12.5. The van der Waals surface area contributed by atoms with Crippen molar-refractivity contribution >= 4 is 11.6 Å². The van der Waals surface area contributed by atoms with Crippen LogP contribution in [0.15, 0.2) is 61.0 Å². The Morgan fingerprint density at radius 2 is 0.446 bits per heavy atom. The second kappa shape index (κ2) is 67.1. The summed E-state index contributed by atoms with van der Waals surface area (Å²) < 4.78 is 25.4. The maximum Gasteiger partial charge on any atom is 0.187 e. The van der Waals surface area contributed by atoms with Gasteiger partial charge < -0.3 is 29.6 Å². The van der Waals surface area contributed by atoms with Crippen LogP contribution in [0.25, 0.3) is 0 Å². The molecule has 0 bridgehead atoms. The fourth-order valence-corrected chi connectivity index (χ4v) is 12.5. The lowest BCUT2D eigenvalue weighted by Gasteiger charge is -2.14. The number of allylic oxidation sites excluding steroid dienone is 2. The molecule has 2 N–H and O–H groups in total. The van der Waals surface area contributed by atoms with E-state index in [0.717, 1.165) is 50.0 Å². The van der Waals surface area contributed by atoms with Gasteiger partial charge in [-0.15, -0.1) is 0 Å². The van der Waals surface area contributed by atoms with Crippen LogP contribution in [0.5, 0.6) is 23.0 Å². The van der Waals surface area contributed by atoms with Gasteiger partial charge in [0.25, 0.3) is 0 Å². The third-order valence-electron chi connectivity index (χ3n) is 18.6. The Morgan fingerprint density at radius 3 is 0.652 bits per heavy atom. The first-order valence-electron chi connectivity index (χ1n) is 40.2. The summed E-state index contributed by atoms with van der Waals surface area (Å²) in [5.74, 6) is 2.58. The summed E-state index contributed by atoms with van der Waals surface area (Å²) in [6.07, 6.45) is 80.7. The topological polar surface area (TPSA) is 95.1 Å². The lowest BCUT2D eigenvalue weighted by Crippen LogP contribution is -2.20. The Labute approximate surface area is 569 Å². The zero-order chi connectivity index (χ0) is 65.8. The van der Waals surface area contributed by atoms with E-state index in [0.29, 0.717) is 62.1 Å². The number of rotatable bonds is 73. The van der Waals surface area contributed by atoms with Gasteiger partial charge in [0, 0.05) is 48.8 Å². The average molecular weight is 1280 g/mol. The van der Waals surface area contributed by atoms with Crippen molar-refractivity contribution in [2.24, 2.45) is 0 Å². The van der Waals surface area contributed by atoms with Gasteiger partial charge in [0.15, 0.2) is 34.6 Å². The third-order valence-corrected chi connectivity index (χ3v) is 18.6. The van der Waals surface area contributed by atoms with Crippen LogP contribution < -0.4 is 29.6 Å². The van der Waals surface area contributed by atoms with Gasteiger partial charge in [0.05, 0.1) is 26.4 Å². The number of hydrogen-bond acceptors (Lipinski definition) is 8. The molecule has 8 heteroatoms. The molecule has 0 amide bonds.